The van der Waals surface area contributed by atoms with E-state index in [1.807, 2.05) is 40.1 Å². The van der Waals surface area contributed by atoms with Crippen LogP contribution in [0.15, 0.2) is 30.3 Å². The highest BCUT2D eigenvalue weighted by Crippen LogP contribution is 2.31. The molecule has 5 heteroatoms. The van der Waals surface area contributed by atoms with Crippen molar-refractivity contribution < 1.29 is 9.59 Å². The van der Waals surface area contributed by atoms with Crippen molar-refractivity contribution in [3.05, 3.63) is 35.9 Å². The molecule has 0 bridgehead atoms. The first kappa shape index (κ1) is 16.6. The average molecular weight is 341 g/mol. The van der Waals surface area contributed by atoms with Crippen LogP contribution in [0.1, 0.15) is 37.7 Å². The fraction of sp³-hybridized carbons (Fsp3) is 0.600. The topological polar surface area (TPSA) is 52.7 Å². The second-order valence-electron chi connectivity index (χ2n) is 7.73. The smallest absolute Gasteiger partial charge is 0.245 e. The van der Waals surface area contributed by atoms with Gasteiger partial charge in [0.1, 0.15) is 6.04 Å². The van der Waals surface area contributed by atoms with Gasteiger partial charge < -0.3 is 15.1 Å². The third-order valence-electron chi connectivity index (χ3n) is 6.05. The van der Waals surface area contributed by atoms with Crippen molar-refractivity contribution in [1.29, 1.82) is 0 Å². The minimum atomic E-state index is -0.257. The molecule has 134 valence electrons. The largest absolute Gasteiger partial charge is 0.339 e. The molecule has 0 aliphatic carbocycles. The van der Waals surface area contributed by atoms with E-state index < -0.39 is 0 Å². The molecule has 1 aromatic rings. The van der Waals surface area contributed by atoms with Crippen molar-refractivity contribution in [1.82, 2.24) is 15.1 Å². The van der Waals surface area contributed by atoms with Gasteiger partial charge in [0.05, 0.1) is 6.42 Å². The summed E-state index contributed by atoms with van der Waals surface area (Å²) in [6, 6.07) is 9.55. The molecule has 2 amide bonds. The maximum atomic E-state index is 13.1. The quantitative estimate of drug-likeness (QED) is 0.908. The lowest BCUT2D eigenvalue weighted by Crippen LogP contribution is -2.49. The van der Waals surface area contributed by atoms with E-state index in [0.29, 0.717) is 13.0 Å². The van der Waals surface area contributed by atoms with Crippen LogP contribution in [0.2, 0.25) is 0 Å². The first-order valence-corrected chi connectivity index (χ1v) is 9.54. The molecular formula is C20H27N3O2. The molecule has 25 heavy (non-hydrogen) atoms. The molecule has 4 rings (SSSR count). The molecule has 2 unspecified atom stereocenters. The van der Waals surface area contributed by atoms with Gasteiger partial charge in [0.25, 0.3) is 0 Å². The fourth-order valence-corrected chi connectivity index (χ4v) is 4.68. The van der Waals surface area contributed by atoms with E-state index in [4.69, 9.17) is 0 Å². The number of amides is 2. The maximum Gasteiger partial charge on any atom is 0.245 e. The molecule has 0 aromatic heterocycles. The Labute approximate surface area is 149 Å². The van der Waals surface area contributed by atoms with Gasteiger partial charge in [-0.05, 0) is 44.2 Å². The number of nitrogens with one attached hydrogen (secondary N) is 1. The predicted molar refractivity (Wildman–Crippen MR) is 96.0 cm³/mol. The summed E-state index contributed by atoms with van der Waals surface area (Å²) >= 11 is 0. The molecule has 1 N–H and O–H groups in total. The summed E-state index contributed by atoms with van der Waals surface area (Å²) < 4.78 is 0. The van der Waals surface area contributed by atoms with Gasteiger partial charge in [-0.2, -0.15) is 0 Å². The standard InChI is InChI=1S/C20H27N3O2/c24-18(14-16-6-2-1-3-7-16)23-12-4-8-17(23)19(25)22-13-10-20(15-22)9-5-11-21-20/h1-3,6-7,17,21H,4-5,8-15H2. The zero-order valence-corrected chi connectivity index (χ0v) is 14.7. The van der Waals surface area contributed by atoms with Gasteiger partial charge in [0.2, 0.25) is 11.8 Å². The molecule has 3 saturated heterocycles. The number of hydrogen-bond acceptors (Lipinski definition) is 3. The van der Waals surface area contributed by atoms with Gasteiger partial charge in [0, 0.05) is 25.2 Å². The van der Waals surface area contributed by atoms with Crippen molar-refractivity contribution >= 4 is 11.8 Å². The van der Waals surface area contributed by atoms with Crippen LogP contribution in [-0.2, 0) is 16.0 Å². The van der Waals surface area contributed by atoms with Crippen LogP contribution in [0.5, 0.6) is 0 Å². The van der Waals surface area contributed by atoms with Crippen LogP contribution < -0.4 is 5.32 Å². The van der Waals surface area contributed by atoms with Gasteiger partial charge in [-0.15, -0.1) is 0 Å². The Balaban J connectivity index is 1.41. The second-order valence-corrected chi connectivity index (χ2v) is 7.73. The highest BCUT2D eigenvalue weighted by Gasteiger charge is 2.44. The number of nitrogens with zero attached hydrogens (tertiary/aromatic N) is 2. The van der Waals surface area contributed by atoms with Gasteiger partial charge in [0.15, 0.2) is 0 Å². The number of carbonyl (C=O) groups is 2. The van der Waals surface area contributed by atoms with Gasteiger partial charge >= 0.3 is 0 Å². The minimum absolute atomic E-state index is 0.0787. The lowest BCUT2D eigenvalue weighted by molar-refractivity contribution is -0.143. The van der Waals surface area contributed by atoms with Crippen molar-refractivity contribution in [3.63, 3.8) is 0 Å². The van der Waals surface area contributed by atoms with Crippen LogP contribution in [0, 0.1) is 0 Å². The summed E-state index contributed by atoms with van der Waals surface area (Å²) in [6.45, 7) is 3.40. The Hall–Kier alpha value is -1.88. The number of carbonyl (C=O) groups excluding carboxylic acids is 2. The van der Waals surface area contributed by atoms with Gasteiger partial charge in [-0.25, -0.2) is 0 Å². The van der Waals surface area contributed by atoms with Crippen molar-refractivity contribution in [3.8, 4) is 0 Å². The van der Waals surface area contributed by atoms with Gasteiger partial charge in [-0.3, -0.25) is 9.59 Å². The first-order valence-electron chi connectivity index (χ1n) is 9.54. The molecule has 0 saturated carbocycles. The Kier molecular flexibility index (Phi) is 4.50. The summed E-state index contributed by atoms with van der Waals surface area (Å²) in [5.74, 6) is 0.236. The molecule has 0 radical (unpaired) electrons. The van der Waals surface area contributed by atoms with Crippen molar-refractivity contribution in [2.24, 2.45) is 0 Å². The van der Waals surface area contributed by atoms with Crippen molar-refractivity contribution in [2.75, 3.05) is 26.2 Å². The monoisotopic (exact) mass is 341 g/mol. The Morgan fingerprint density at radius 2 is 1.96 bits per heavy atom. The van der Waals surface area contributed by atoms with E-state index in [-0.39, 0.29) is 23.4 Å². The maximum absolute atomic E-state index is 13.1. The average Bonchev–Trinajstić information content (AvgIpc) is 3.37. The highest BCUT2D eigenvalue weighted by molar-refractivity contribution is 5.89. The highest BCUT2D eigenvalue weighted by atomic mass is 16.2. The van der Waals surface area contributed by atoms with Crippen LogP contribution in [0.4, 0.5) is 0 Å². The third-order valence-corrected chi connectivity index (χ3v) is 6.05. The van der Waals surface area contributed by atoms with Crippen LogP contribution in [-0.4, -0.2) is 59.4 Å². The molecule has 1 aromatic carbocycles. The van der Waals surface area contributed by atoms with E-state index in [2.05, 4.69) is 5.32 Å². The second kappa shape index (κ2) is 6.79. The lowest BCUT2D eigenvalue weighted by atomic mass is 9.97. The molecule has 3 aliphatic rings. The molecule has 3 fully saturated rings. The normalized spacial score (nSPS) is 28.9. The van der Waals surface area contributed by atoms with E-state index in [1.165, 1.54) is 6.42 Å². The summed E-state index contributed by atoms with van der Waals surface area (Å²) in [5.41, 5.74) is 1.16. The number of rotatable bonds is 3. The van der Waals surface area contributed by atoms with E-state index >= 15 is 0 Å². The lowest BCUT2D eigenvalue weighted by Gasteiger charge is -2.29. The zero-order chi connectivity index (χ0) is 17.3. The molecular weight excluding hydrogens is 314 g/mol. The third kappa shape index (κ3) is 3.30. The summed E-state index contributed by atoms with van der Waals surface area (Å²) in [7, 11) is 0. The Bertz CT molecular complexity index is 640. The SMILES string of the molecule is O=C(C1CCCN1C(=O)Cc1ccccc1)N1CCC2(CCCN2)C1. The predicted octanol–water partition coefficient (Wildman–Crippen LogP) is 1.57. The fourth-order valence-electron chi connectivity index (χ4n) is 4.68. The van der Waals surface area contributed by atoms with E-state index in [1.54, 1.807) is 0 Å². The Morgan fingerprint density at radius 1 is 1.12 bits per heavy atom. The number of benzene rings is 1. The Morgan fingerprint density at radius 3 is 2.72 bits per heavy atom. The molecule has 1 spiro atoms. The number of likely N-dealkylation sites (tertiary alicyclic amines) is 2. The van der Waals surface area contributed by atoms with Gasteiger partial charge in [-0.1, -0.05) is 30.3 Å². The van der Waals surface area contributed by atoms with Crippen LogP contribution in [0.25, 0.3) is 0 Å². The summed E-state index contributed by atoms with van der Waals surface area (Å²) in [5, 5.41) is 3.60. The number of hydrogen-bond donors (Lipinski definition) is 1. The minimum Gasteiger partial charge on any atom is -0.339 e. The van der Waals surface area contributed by atoms with E-state index in [0.717, 1.165) is 50.9 Å². The van der Waals surface area contributed by atoms with Crippen LogP contribution >= 0.6 is 0 Å². The first-order chi connectivity index (χ1) is 12.2. The molecule has 2 atom stereocenters. The summed E-state index contributed by atoms with van der Waals surface area (Å²) in [4.78, 5) is 29.6. The van der Waals surface area contributed by atoms with E-state index in [9.17, 15) is 9.59 Å². The van der Waals surface area contributed by atoms with Crippen molar-refractivity contribution in [2.45, 2.75) is 50.1 Å². The molecule has 5 nitrogen and oxygen atoms in total. The zero-order valence-electron chi connectivity index (χ0n) is 14.7. The molecule has 3 aliphatic heterocycles. The van der Waals surface area contributed by atoms with Crippen LogP contribution in [0.3, 0.4) is 0 Å². The molecule has 3 heterocycles. The summed E-state index contributed by atoms with van der Waals surface area (Å²) in [6.07, 6.45) is 5.52.